The van der Waals surface area contributed by atoms with Gasteiger partial charge >= 0.3 is 5.97 Å². The number of benzene rings is 2. The first-order chi connectivity index (χ1) is 21.6. The highest BCUT2D eigenvalue weighted by Gasteiger charge is 2.30. The molecule has 0 amide bonds. The highest BCUT2D eigenvalue weighted by molar-refractivity contribution is 6.33. The fourth-order valence-corrected chi connectivity index (χ4v) is 5.30. The molecule has 0 saturated carbocycles. The molecule has 1 aliphatic rings. The first kappa shape index (κ1) is 32.7. The lowest BCUT2D eigenvalue weighted by Gasteiger charge is -2.26. The number of aliphatic carboxylic acids is 1. The van der Waals surface area contributed by atoms with Gasteiger partial charge in [0.05, 0.1) is 35.6 Å². The molecule has 2 aromatic heterocycles. The standard InChI is InChI=1S/C31H35ClN4O9/c32-21-12-22-29(36-31(34-22)45-20-9-10-44-25(11-20)30(42)43)35-26(21)19-7-5-18(6-8-19)17-3-1-16(2-4-17)13-33-14-23(38)27(40)28(41)24(39)15-37/h1-8,12,20,23-25,27-28,33,37-41H,9-11,13-15H2,(H,42,43)(H,34,35,36)/t20-,23-,24+,25+,27+,28+/m0/s1. The molecule has 14 heteroatoms. The predicted molar refractivity (Wildman–Crippen MR) is 164 cm³/mol. The van der Waals surface area contributed by atoms with Crippen LogP contribution >= 0.6 is 11.6 Å². The highest BCUT2D eigenvalue weighted by atomic mass is 35.5. The summed E-state index contributed by atoms with van der Waals surface area (Å²) in [5, 5.41) is 60.7. The van der Waals surface area contributed by atoms with Crippen LogP contribution in [0.5, 0.6) is 6.01 Å². The van der Waals surface area contributed by atoms with E-state index in [4.69, 9.17) is 26.2 Å². The number of carboxylic acids is 1. The van der Waals surface area contributed by atoms with Crippen molar-refractivity contribution in [3.8, 4) is 28.4 Å². The molecule has 240 valence electrons. The van der Waals surface area contributed by atoms with Crippen molar-refractivity contribution >= 4 is 28.7 Å². The van der Waals surface area contributed by atoms with Crippen molar-refractivity contribution in [2.45, 2.75) is 56.0 Å². The van der Waals surface area contributed by atoms with Crippen LogP contribution in [-0.2, 0) is 16.1 Å². The summed E-state index contributed by atoms with van der Waals surface area (Å²) >= 11 is 6.58. The van der Waals surface area contributed by atoms with Crippen molar-refractivity contribution in [3.63, 3.8) is 0 Å². The summed E-state index contributed by atoms with van der Waals surface area (Å²) in [6.45, 7) is -0.0755. The van der Waals surface area contributed by atoms with E-state index >= 15 is 0 Å². The summed E-state index contributed by atoms with van der Waals surface area (Å²) in [6, 6.07) is 17.5. The monoisotopic (exact) mass is 642 g/mol. The van der Waals surface area contributed by atoms with E-state index in [9.17, 15) is 30.3 Å². The van der Waals surface area contributed by atoms with Crippen LogP contribution in [0.4, 0.5) is 0 Å². The molecule has 5 rings (SSSR count). The number of carboxylic acid groups (broad SMARTS) is 1. The predicted octanol–water partition coefficient (Wildman–Crippen LogP) is 1.48. The number of imidazole rings is 1. The summed E-state index contributed by atoms with van der Waals surface area (Å²) in [4.78, 5) is 23.4. The van der Waals surface area contributed by atoms with Crippen LogP contribution < -0.4 is 10.1 Å². The lowest BCUT2D eigenvalue weighted by Crippen LogP contribution is -2.48. The van der Waals surface area contributed by atoms with Gasteiger partial charge in [-0.2, -0.15) is 4.98 Å². The second-order valence-corrected chi connectivity index (χ2v) is 11.3. The van der Waals surface area contributed by atoms with Gasteiger partial charge in [0.2, 0.25) is 0 Å². The van der Waals surface area contributed by atoms with E-state index in [-0.39, 0.29) is 31.7 Å². The Morgan fingerprint density at radius 2 is 1.64 bits per heavy atom. The van der Waals surface area contributed by atoms with E-state index in [0.717, 1.165) is 22.3 Å². The van der Waals surface area contributed by atoms with Crippen molar-refractivity contribution in [3.05, 3.63) is 65.2 Å². The number of aromatic amines is 1. The SMILES string of the molecule is O=C(O)[C@H]1C[C@@H](Oc2nc3nc(-c4ccc(-c5ccc(CNC[C@H](O)[C@@H](O)[C@H](O)[C@H](O)CO)cc5)cc4)c(Cl)cc3[nH]2)CCO1. The van der Waals surface area contributed by atoms with Crippen LogP contribution in [0.3, 0.4) is 0 Å². The van der Waals surface area contributed by atoms with Gasteiger partial charge in [0, 0.05) is 31.5 Å². The molecule has 0 bridgehead atoms. The molecule has 45 heavy (non-hydrogen) atoms. The van der Waals surface area contributed by atoms with Gasteiger partial charge in [-0.3, -0.25) is 0 Å². The number of hydrogen-bond donors (Lipinski definition) is 8. The summed E-state index contributed by atoms with van der Waals surface area (Å²) in [5.74, 6) is -1.02. The number of fused-ring (bicyclic) bond motifs is 1. The van der Waals surface area contributed by atoms with Crippen molar-refractivity contribution in [2.75, 3.05) is 19.8 Å². The molecule has 0 aliphatic carbocycles. The number of nitrogens with zero attached hydrogens (tertiary/aromatic N) is 2. The topological polar surface area (TPSA) is 211 Å². The van der Waals surface area contributed by atoms with Gasteiger partial charge in [-0.1, -0.05) is 60.1 Å². The molecule has 1 saturated heterocycles. The third kappa shape index (κ3) is 7.95. The molecule has 13 nitrogen and oxygen atoms in total. The smallest absolute Gasteiger partial charge is 0.332 e. The largest absolute Gasteiger partial charge is 0.479 e. The zero-order valence-corrected chi connectivity index (χ0v) is 24.8. The fraction of sp³-hybridized carbons (Fsp3) is 0.387. The van der Waals surface area contributed by atoms with Crippen LogP contribution in [0.15, 0.2) is 54.6 Å². The third-order valence-electron chi connectivity index (χ3n) is 7.65. The Morgan fingerprint density at radius 3 is 2.31 bits per heavy atom. The zero-order chi connectivity index (χ0) is 32.1. The van der Waals surface area contributed by atoms with Gasteiger partial charge in [0.15, 0.2) is 11.8 Å². The molecule has 8 N–H and O–H groups in total. The normalized spacial score (nSPS) is 19.6. The Labute approximate surface area is 263 Å². The molecule has 6 atom stereocenters. The van der Waals surface area contributed by atoms with Gasteiger partial charge < -0.3 is 50.4 Å². The highest BCUT2D eigenvalue weighted by Crippen LogP contribution is 2.32. The van der Waals surface area contributed by atoms with Crippen LogP contribution in [0, 0.1) is 0 Å². The zero-order valence-electron chi connectivity index (χ0n) is 24.1. The Bertz CT molecular complexity index is 1580. The van der Waals surface area contributed by atoms with Gasteiger partial charge in [-0.05, 0) is 22.8 Å². The second kappa shape index (κ2) is 14.6. The number of hydrogen-bond acceptors (Lipinski definition) is 11. The summed E-state index contributed by atoms with van der Waals surface area (Å²) in [6.07, 6.45) is -6.65. The summed E-state index contributed by atoms with van der Waals surface area (Å²) in [7, 11) is 0. The minimum atomic E-state index is -1.66. The number of carbonyl (C=O) groups is 1. The van der Waals surface area contributed by atoms with E-state index in [1.807, 2.05) is 48.5 Å². The summed E-state index contributed by atoms with van der Waals surface area (Å²) < 4.78 is 11.2. The fourth-order valence-electron chi connectivity index (χ4n) is 5.04. The van der Waals surface area contributed by atoms with Crippen molar-refractivity contribution < 1.29 is 44.9 Å². The second-order valence-electron chi connectivity index (χ2n) is 10.9. The Kier molecular flexibility index (Phi) is 10.6. The molecular formula is C31H35ClN4O9. The Balaban J connectivity index is 1.19. The van der Waals surface area contributed by atoms with Crippen molar-refractivity contribution in [1.29, 1.82) is 0 Å². The summed E-state index contributed by atoms with van der Waals surface area (Å²) in [5.41, 5.74) is 5.23. The average Bonchev–Trinajstić information content (AvgIpc) is 3.44. The number of halogens is 1. The quantitative estimate of drug-likeness (QED) is 0.104. The minimum Gasteiger partial charge on any atom is -0.479 e. The number of H-pyrrole nitrogens is 1. The third-order valence-corrected chi connectivity index (χ3v) is 7.94. The maximum Gasteiger partial charge on any atom is 0.332 e. The molecule has 0 spiro atoms. The van der Waals surface area contributed by atoms with E-state index in [1.165, 1.54) is 0 Å². The van der Waals surface area contributed by atoms with Crippen LogP contribution in [0.1, 0.15) is 18.4 Å². The number of pyridine rings is 1. The molecular weight excluding hydrogens is 608 g/mol. The van der Waals surface area contributed by atoms with Crippen molar-refractivity contribution in [1.82, 2.24) is 20.3 Å². The first-order valence-electron chi connectivity index (χ1n) is 14.4. The molecule has 0 radical (unpaired) electrons. The van der Waals surface area contributed by atoms with Gasteiger partial charge in [-0.25, -0.2) is 9.78 Å². The number of aromatic nitrogens is 3. The molecule has 1 aliphatic heterocycles. The lowest BCUT2D eigenvalue weighted by molar-refractivity contribution is -0.156. The maximum atomic E-state index is 11.3. The first-order valence-corrected chi connectivity index (χ1v) is 14.8. The van der Waals surface area contributed by atoms with E-state index in [0.29, 0.717) is 34.8 Å². The molecule has 2 aromatic carbocycles. The number of ether oxygens (including phenoxy) is 2. The number of rotatable bonds is 13. The van der Waals surface area contributed by atoms with Gasteiger partial charge in [-0.15, -0.1) is 0 Å². The van der Waals surface area contributed by atoms with E-state index in [2.05, 4.69) is 20.3 Å². The Morgan fingerprint density at radius 1 is 1.00 bits per heavy atom. The number of nitrogens with one attached hydrogen (secondary N) is 2. The molecule has 4 aromatic rings. The maximum absolute atomic E-state index is 11.3. The van der Waals surface area contributed by atoms with Crippen LogP contribution in [-0.4, -0.2) is 108 Å². The number of aliphatic hydroxyl groups excluding tert-OH is 5. The van der Waals surface area contributed by atoms with Crippen LogP contribution in [0.25, 0.3) is 33.5 Å². The van der Waals surface area contributed by atoms with Crippen LogP contribution in [0.2, 0.25) is 5.02 Å². The Hall–Kier alpha value is -3.66. The van der Waals surface area contributed by atoms with E-state index < -0.39 is 43.1 Å². The lowest BCUT2D eigenvalue weighted by atomic mass is 10.0. The number of aliphatic hydroxyl groups is 5. The average molecular weight is 643 g/mol. The van der Waals surface area contributed by atoms with Crippen molar-refractivity contribution in [2.24, 2.45) is 0 Å². The molecule has 0 unspecified atom stereocenters. The molecule has 3 heterocycles. The van der Waals surface area contributed by atoms with Gasteiger partial charge in [0.25, 0.3) is 6.01 Å². The van der Waals surface area contributed by atoms with E-state index in [1.54, 1.807) is 6.07 Å². The van der Waals surface area contributed by atoms with Gasteiger partial charge in [0.1, 0.15) is 24.4 Å². The molecule has 1 fully saturated rings. The minimum absolute atomic E-state index is 0.0300.